The molecule has 0 fully saturated rings. The highest BCUT2D eigenvalue weighted by molar-refractivity contribution is 6.69. The number of unbranched alkanes of at least 4 members (excludes halogenated alkanes) is 8. The maximum Gasteiger partial charge on any atom is 0.343 e. The minimum Gasteiger partial charge on any atom is -0.479 e. The monoisotopic (exact) mass is 762 g/mol. The van der Waals surface area contributed by atoms with E-state index >= 15 is 0 Å². The lowest BCUT2D eigenvalue weighted by Gasteiger charge is -2.28. The Hall–Kier alpha value is 1.18. The van der Waals surface area contributed by atoms with E-state index in [1.165, 1.54) is 0 Å². The van der Waals surface area contributed by atoms with Gasteiger partial charge in [0.1, 0.15) is 0 Å². The molecule has 0 radical (unpaired) electrons. The van der Waals surface area contributed by atoms with Crippen molar-refractivity contribution in [1.82, 2.24) is 10.6 Å². The van der Waals surface area contributed by atoms with E-state index in [-0.39, 0.29) is 12.8 Å². The van der Waals surface area contributed by atoms with Crippen LogP contribution in [-0.4, -0.2) is 65.7 Å². The number of rotatable bonds is 20. The van der Waals surface area contributed by atoms with Crippen molar-refractivity contribution in [2.75, 3.05) is 26.2 Å². The van der Waals surface area contributed by atoms with Crippen molar-refractivity contribution in [3.8, 4) is 0 Å². The van der Waals surface area contributed by atoms with Gasteiger partial charge in [-0.3, -0.25) is 0 Å². The second-order valence-corrected chi connectivity index (χ2v) is 15.0. The van der Waals surface area contributed by atoms with Gasteiger partial charge in [0.2, 0.25) is 8.67 Å². The lowest BCUT2D eigenvalue weighted by atomic mass is 10.1. The topological polar surface area (TPSA) is 98.7 Å². The van der Waals surface area contributed by atoms with Gasteiger partial charge in [0.25, 0.3) is 0 Å². The van der Waals surface area contributed by atoms with Crippen LogP contribution in [0.2, 0.25) is 0 Å². The fourth-order valence-corrected chi connectivity index (χ4v) is 4.26. The first-order valence-electron chi connectivity index (χ1n) is 14.7. The van der Waals surface area contributed by atoms with E-state index in [2.05, 4.69) is 52.2 Å². The largest absolute Gasteiger partial charge is 0.479 e. The number of alkyl halides is 8. The van der Waals surface area contributed by atoms with Crippen LogP contribution in [0.3, 0.4) is 0 Å². The Bertz CT molecular complexity index is 597. The van der Waals surface area contributed by atoms with Crippen LogP contribution in [0.1, 0.15) is 119 Å². The van der Waals surface area contributed by atoms with Gasteiger partial charge in [-0.2, -0.15) is 0 Å². The van der Waals surface area contributed by atoms with E-state index in [1.54, 1.807) is 0 Å². The van der Waals surface area contributed by atoms with Gasteiger partial charge >= 0.3 is 11.9 Å². The van der Waals surface area contributed by atoms with Crippen LogP contribution in [0.5, 0.6) is 0 Å². The summed E-state index contributed by atoms with van der Waals surface area (Å²) in [5.41, 5.74) is 0. The minimum absolute atomic E-state index is 0.263. The zero-order chi connectivity index (χ0) is 33.9. The molecule has 0 saturated heterocycles. The first-order chi connectivity index (χ1) is 19.3. The number of carboxylic acids is 2. The molecule has 0 saturated carbocycles. The Kier molecular flexibility index (Phi) is 35.2. The summed E-state index contributed by atoms with van der Waals surface area (Å²) in [6.07, 6.45) is 10.5. The van der Waals surface area contributed by atoms with Crippen LogP contribution in [0.15, 0.2) is 0 Å². The maximum absolute atomic E-state index is 10.8. The molecular formula is C28H54Cl8N2O4. The molecule has 0 rings (SSSR count). The van der Waals surface area contributed by atoms with Crippen molar-refractivity contribution >= 4 is 105 Å². The smallest absolute Gasteiger partial charge is 0.343 e. The Morgan fingerprint density at radius 1 is 0.476 bits per heavy atom. The zero-order valence-corrected chi connectivity index (χ0v) is 32.1. The fourth-order valence-electron chi connectivity index (χ4n) is 3.03. The molecule has 42 heavy (non-hydrogen) atoms. The van der Waals surface area contributed by atoms with Gasteiger partial charge in [-0.15, -0.1) is 0 Å². The third-order valence-electron chi connectivity index (χ3n) is 5.64. The van der Waals surface area contributed by atoms with E-state index in [4.69, 9.17) is 103 Å². The van der Waals surface area contributed by atoms with E-state index in [0.29, 0.717) is 12.8 Å². The van der Waals surface area contributed by atoms with E-state index in [9.17, 15) is 9.59 Å². The van der Waals surface area contributed by atoms with E-state index < -0.39 is 29.3 Å². The van der Waals surface area contributed by atoms with Crippen molar-refractivity contribution in [3.63, 3.8) is 0 Å². The normalized spacial score (nSPS) is 11.8. The first-order valence-corrected chi connectivity index (χ1v) is 17.8. The van der Waals surface area contributed by atoms with Crippen molar-refractivity contribution in [3.05, 3.63) is 0 Å². The van der Waals surface area contributed by atoms with E-state index in [0.717, 1.165) is 77.5 Å². The highest BCUT2D eigenvalue weighted by Gasteiger charge is 2.53. The molecular weight excluding hydrogens is 712 g/mol. The van der Waals surface area contributed by atoms with Crippen LogP contribution in [0.25, 0.3) is 0 Å². The Morgan fingerprint density at radius 2 is 0.714 bits per heavy atom. The number of halogens is 8. The third-order valence-corrected chi connectivity index (χ3v) is 10.2. The highest BCUT2D eigenvalue weighted by atomic mass is 35.5. The molecule has 0 aromatic heterocycles. The Morgan fingerprint density at radius 3 is 0.881 bits per heavy atom. The van der Waals surface area contributed by atoms with Crippen LogP contribution in [0.4, 0.5) is 0 Å². The summed E-state index contributed by atoms with van der Waals surface area (Å²) in [7, 11) is 0. The molecule has 0 amide bonds. The lowest BCUT2D eigenvalue weighted by molar-refractivity contribution is -0.139. The molecule has 0 aliphatic carbocycles. The number of carbonyl (C=O) groups is 2. The van der Waals surface area contributed by atoms with Crippen LogP contribution in [0, 0.1) is 0 Å². The second kappa shape index (κ2) is 29.6. The molecule has 6 nitrogen and oxygen atoms in total. The van der Waals surface area contributed by atoms with Gasteiger partial charge in [0.05, 0.1) is 0 Å². The van der Waals surface area contributed by atoms with Crippen molar-refractivity contribution in [1.29, 1.82) is 0 Å². The number of hydrogen-bond acceptors (Lipinski definition) is 4. The predicted octanol–water partition coefficient (Wildman–Crippen LogP) is 10.8. The fraction of sp³-hybridized carbons (Fsp3) is 0.929. The molecule has 0 spiro atoms. The standard InChI is InChI=1S/2C10H16Cl4O2.2C4H11N/c2*1-2-3-4-5-6-7-9(11,12)10(13,14)8(15)16;2*1-3-5-4-2/h2*2-7H2,1H3,(H,15,16);2*5H,3-4H2,1-2H3. The Labute approximate surface area is 295 Å². The highest BCUT2D eigenvalue weighted by Crippen LogP contribution is 2.47. The van der Waals surface area contributed by atoms with Crippen LogP contribution in [-0.2, 0) is 9.59 Å². The molecule has 0 unspecified atom stereocenters. The predicted molar refractivity (Wildman–Crippen MR) is 188 cm³/mol. The van der Waals surface area contributed by atoms with Gasteiger partial charge in [-0.25, -0.2) is 9.59 Å². The van der Waals surface area contributed by atoms with Gasteiger partial charge in [-0.1, -0.05) is 199 Å². The van der Waals surface area contributed by atoms with Gasteiger partial charge in [-0.05, 0) is 39.0 Å². The summed E-state index contributed by atoms with van der Waals surface area (Å²) < 4.78 is -7.65. The van der Waals surface area contributed by atoms with Crippen LogP contribution >= 0.6 is 92.8 Å². The molecule has 0 atom stereocenters. The van der Waals surface area contributed by atoms with Gasteiger partial charge in [0.15, 0.2) is 8.67 Å². The SMILES string of the molecule is CCCCCCCC(Cl)(Cl)C(Cl)(Cl)C(=O)O.CCCCCCCC(Cl)(Cl)C(Cl)(Cl)C(=O)O.CCNCC.CCNCC. The van der Waals surface area contributed by atoms with Gasteiger partial charge < -0.3 is 20.8 Å². The molecule has 0 bridgehead atoms. The zero-order valence-electron chi connectivity index (χ0n) is 26.0. The molecule has 0 heterocycles. The van der Waals surface area contributed by atoms with Crippen LogP contribution < -0.4 is 10.6 Å². The molecule has 0 aromatic carbocycles. The van der Waals surface area contributed by atoms with Crippen molar-refractivity contribution in [2.45, 2.75) is 136 Å². The number of hydrogen-bond donors (Lipinski definition) is 4. The van der Waals surface area contributed by atoms with Crippen molar-refractivity contribution in [2.24, 2.45) is 0 Å². The molecule has 14 heteroatoms. The summed E-state index contributed by atoms with van der Waals surface area (Å²) >= 11 is 45.8. The first kappa shape index (κ1) is 50.0. The Balaban J connectivity index is -0.000000260. The molecule has 0 aliphatic rings. The molecule has 4 N–H and O–H groups in total. The lowest BCUT2D eigenvalue weighted by Crippen LogP contribution is -2.43. The maximum atomic E-state index is 10.8. The molecule has 256 valence electrons. The summed E-state index contributed by atoms with van der Waals surface area (Å²) in [6.45, 7) is 17.0. The molecule has 0 aliphatic heterocycles. The quantitative estimate of drug-likeness (QED) is 0.0728. The summed E-state index contributed by atoms with van der Waals surface area (Å²) in [4.78, 5) is 21.5. The number of aliphatic carboxylic acids is 2. The summed E-state index contributed by atoms with van der Waals surface area (Å²) in [6, 6.07) is 0. The average Bonchev–Trinajstić information content (AvgIpc) is 2.90. The summed E-state index contributed by atoms with van der Waals surface area (Å²) in [5.74, 6) is -2.84. The molecule has 0 aromatic rings. The minimum atomic E-state index is -2.17. The van der Waals surface area contributed by atoms with E-state index in [1.807, 2.05) is 0 Å². The number of nitrogens with one attached hydrogen (secondary N) is 2. The second-order valence-electron chi connectivity index (χ2n) is 9.41. The average molecular weight is 766 g/mol. The third kappa shape index (κ3) is 25.4. The van der Waals surface area contributed by atoms with Gasteiger partial charge in [0, 0.05) is 0 Å². The number of carboxylic acid groups (broad SMARTS) is 2. The van der Waals surface area contributed by atoms with Crippen molar-refractivity contribution < 1.29 is 19.8 Å². The summed E-state index contributed by atoms with van der Waals surface area (Å²) in [5, 5.41) is 23.8.